The van der Waals surface area contributed by atoms with Crippen molar-refractivity contribution in [1.29, 1.82) is 0 Å². The topological polar surface area (TPSA) is 89.3 Å². The smallest absolute Gasteiger partial charge is 0.251 e. The molecule has 1 aromatic carbocycles. The van der Waals surface area contributed by atoms with Crippen molar-refractivity contribution >= 4 is 27.5 Å². The lowest BCUT2D eigenvalue weighted by molar-refractivity contribution is 0.0949. The van der Waals surface area contributed by atoms with Gasteiger partial charge in [-0.15, -0.1) is 0 Å². The van der Waals surface area contributed by atoms with E-state index in [0.717, 1.165) is 6.42 Å². The number of nitrogens with two attached hydrogens (primary N) is 1. The van der Waals surface area contributed by atoms with Crippen LogP contribution in [0.25, 0.3) is 0 Å². The average Bonchev–Trinajstić information content (AvgIpc) is 2.96. The first-order valence-electron chi connectivity index (χ1n) is 5.84. The molecule has 0 heterocycles. The first-order valence-corrected chi connectivity index (χ1v) is 7.76. The van der Waals surface area contributed by atoms with E-state index in [4.69, 9.17) is 16.7 Å². The maximum atomic E-state index is 12.0. The van der Waals surface area contributed by atoms with E-state index in [1.54, 1.807) is 6.92 Å². The Labute approximate surface area is 117 Å². The molecular formula is C12H15ClN2O3S. The Kier molecular flexibility index (Phi) is 3.59. The Morgan fingerprint density at radius 3 is 2.53 bits per heavy atom. The largest absolute Gasteiger partial charge is 0.349 e. The van der Waals surface area contributed by atoms with E-state index >= 15 is 0 Å². The minimum atomic E-state index is -3.90. The van der Waals surface area contributed by atoms with Crippen LogP contribution in [0.1, 0.15) is 29.3 Å². The zero-order valence-electron chi connectivity index (χ0n) is 10.6. The van der Waals surface area contributed by atoms with Crippen LogP contribution in [-0.2, 0) is 10.0 Å². The zero-order chi connectivity index (χ0) is 14.4. The number of benzene rings is 1. The van der Waals surface area contributed by atoms with Gasteiger partial charge in [0.15, 0.2) is 0 Å². The zero-order valence-corrected chi connectivity index (χ0v) is 12.2. The molecule has 5 nitrogen and oxygen atoms in total. The van der Waals surface area contributed by atoms with E-state index in [9.17, 15) is 13.2 Å². The molecule has 0 radical (unpaired) electrons. The van der Waals surface area contributed by atoms with E-state index in [0.29, 0.717) is 11.5 Å². The molecule has 0 saturated heterocycles. The van der Waals surface area contributed by atoms with Crippen LogP contribution in [0.5, 0.6) is 0 Å². The van der Waals surface area contributed by atoms with Crippen molar-refractivity contribution in [3.05, 3.63) is 28.3 Å². The number of sulfonamides is 1. The van der Waals surface area contributed by atoms with Crippen molar-refractivity contribution in [1.82, 2.24) is 5.32 Å². The molecule has 0 aliphatic heterocycles. The predicted octanol–water partition coefficient (Wildman–Crippen LogP) is 1.43. The van der Waals surface area contributed by atoms with Gasteiger partial charge in [-0.3, -0.25) is 4.79 Å². The second-order valence-electron chi connectivity index (χ2n) is 4.92. The highest BCUT2D eigenvalue weighted by molar-refractivity contribution is 7.89. The molecule has 1 fully saturated rings. The third-order valence-electron chi connectivity index (χ3n) is 3.29. The lowest BCUT2D eigenvalue weighted by Crippen LogP contribution is -2.27. The first kappa shape index (κ1) is 14.3. The number of primary sulfonamides is 1. The van der Waals surface area contributed by atoms with Crippen LogP contribution >= 0.6 is 11.6 Å². The summed E-state index contributed by atoms with van der Waals surface area (Å²) >= 11 is 5.95. The Morgan fingerprint density at radius 2 is 2.05 bits per heavy atom. The minimum absolute atomic E-state index is 0.117. The molecule has 104 valence electrons. The molecule has 1 aliphatic rings. The van der Waals surface area contributed by atoms with E-state index < -0.39 is 10.0 Å². The third kappa shape index (κ3) is 3.08. The normalized spacial score (nSPS) is 22.1. The molecule has 19 heavy (non-hydrogen) atoms. The van der Waals surface area contributed by atoms with Crippen LogP contribution in [-0.4, -0.2) is 20.4 Å². The highest BCUT2D eigenvalue weighted by Gasteiger charge is 2.34. The molecule has 1 aromatic rings. The Bertz CT molecular complexity index is 643. The second-order valence-corrected chi connectivity index (χ2v) is 6.86. The van der Waals surface area contributed by atoms with Gasteiger partial charge in [0.1, 0.15) is 0 Å². The van der Waals surface area contributed by atoms with E-state index in [1.807, 2.05) is 6.92 Å². The summed E-state index contributed by atoms with van der Waals surface area (Å²) in [6, 6.07) is 2.87. The molecule has 0 aromatic heterocycles. The predicted molar refractivity (Wildman–Crippen MR) is 72.6 cm³/mol. The number of nitrogens with one attached hydrogen (secondary N) is 1. The Hall–Kier alpha value is -1.11. The van der Waals surface area contributed by atoms with Gasteiger partial charge in [0.05, 0.1) is 4.90 Å². The maximum absolute atomic E-state index is 12.0. The molecule has 0 bridgehead atoms. The number of carbonyl (C=O) groups excluding carboxylic acids is 1. The summed E-state index contributed by atoms with van der Waals surface area (Å²) in [5, 5.41) is 8.13. The van der Waals surface area contributed by atoms with E-state index in [-0.39, 0.29) is 27.4 Å². The molecule has 7 heteroatoms. The summed E-state index contributed by atoms with van der Waals surface area (Å²) in [7, 11) is -3.90. The van der Waals surface area contributed by atoms with Crippen molar-refractivity contribution in [3.8, 4) is 0 Å². The van der Waals surface area contributed by atoms with Crippen LogP contribution in [0, 0.1) is 12.8 Å². The van der Waals surface area contributed by atoms with Crippen LogP contribution < -0.4 is 10.5 Å². The van der Waals surface area contributed by atoms with Crippen molar-refractivity contribution in [2.45, 2.75) is 31.2 Å². The van der Waals surface area contributed by atoms with Gasteiger partial charge in [0.25, 0.3) is 5.91 Å². The maximum Gasteiger partial charge on any atom is 0.251 e. The fraction of sp³-hybridized carbons (Fsp3) is 0.417. The summed E-state index contributed by atoms with van der Waals surface area (Å²) in [5.41, 5.74) is 0.555. The van der Waals surface area contributed by atoms with Crippen molar-refractivity contribution in [2.75, 3.05) is 0 Å². The van der Waals surface area contributed by atoms with Crippen molar-refractivity contribution in [3.63, 3.8) is 0 Å². The highest BCUT2D eigenvalue weighted by atomic mass is 35.5. The number of amides is 1. The molecular weight excluding hydrogens is 288 g/mol. The number of hydrogen-bond donors (Lipinski definition) is 2. The summed E-state index contributed by atoms with van der Waals surface area (Å²) in [6.07, 6.45) is 0.938. The molecule has 1 aliphatic carbocycles. The lowest BCUT2D eigenvalue weighted by atomic mass is 10.1. The summed E-state index contributed by atoms with van der Waals surface area (Å²) in [6.45, 7) is 3.58. The highest BCUT2D eigenvalue weighted by Crippen LogP contribution is 2.30. The van der Waals surface area contributed by atoms with Crippen LogP contribution in [0.2, 0.25) is 5.02 Å². The molecule has 2 unspecified atom stereocenters. The van der Waals surface area contributed by atoms with Crippen LogP contribution in [0.3, 0.4) is 0 Å². The molecule has 2 rings (SSSR count). The fourth-order valence-electron chi connectivity index (χ4n) is 1.86. The monoisotopic (exact) mass is 302 g/mol. The van der Waals surface area contributed by atoms with Gasteiger partial charge in [-0.05, 0) is 37.0 Å². The number of halogens is 1. The summed E-state index contributed by atoms with van der Waals surface area (Å²) in [5.74, 6) is 0.128. The van der Waals surface area contributed by atoms with Gasteiger partial charge in [0, 0.05) is 16.6 Å². The Balaban J connectivity index is 2.36. The fourth-order valence-corrected chi connectivity index (χ4v) is 2.96. The van der Waals surface area contributed by atoms with Gasteiger partial charge in [-0.2, -0.15) is 0 Å². The quantitative estimate of drug-likeness (QED) is 0.885. The SMILES string of the molecule is Cc1c(Cl)cc(C(=O)NC2CC2C)cc1S(N)(=O)=O. The molecule has 1 amide bonds. The van der Waals surface area contributed by atoms with E-state index in [2.05, 4.69) is 5.32 Å². The summed E-state index contributed by atoms with van der Waals surface area (Å²) < 4.78 is 22.9. The van der Waals surface area contributed by atoms with Crippen molar-refractivity contribution in [2.24, 2.45) is 11.1 Å². The Morgan fingerprint density at radius 1 is 1.47 bits per heavy atom. The van der Waals surface area contributed by atoms with Crippen LogP contribution in [0.4, 0.5) is 0 Å². The first-order chi connectivity index (χ1) is 8.70. The molecule has 3 N–H and O–H groups in total. The van der Waals surface area contributed by atoms with Crippen LogP contribution in [0.15, 0.2) is 17.0 Å². The molecule has 2 atom stereocenters. The second kappa shape index (κ2) is 4.77. The van der Waals surface area contributed by atoms with Gasteiger partial charge >= 0.3 is 0 Å². The number of hydrogen-bond acceptors (Lipinski definition) is 3. The van der Waals surface area contributed by atoms with Gasteiger partial charge in [0.2, 0.25) is 10.0 Å². The molecule has 0 spiro atoms. The minimum Gasteiger partial charge on any atom is -0.349 e. The van der Waals surface area contributed by atoms with E-state index in [1.165, 1.54) is 12.1 Å². The van der Waals surface area contributed by atoms with Gasteiger partial charge in [-0.25, -0.2) is 13.6 Å². The standard InChI is InChI=1S/C12H15ClN2O3S/c1-6-3-10(6)15-12(16)8-4-9(13)7(2)11(5-8)19(14,17)18/h4-6,10H,3H2,1-2H3,(H,15,16)(H2,14,17,18). The lowest BCUT2D eigenvalue weighted by Gasteiger charge is -2.10. The summed E-state index contributed by atoms with van der Waals surface area (Å²) in [4.78, 5) is 11.9. The number of carbonyl (C=O) groups is 1. The van der Waals surface area contributed by atoms with Gasteiger partial charge in [-0.1, -0.05) is 18.5 Å². The average molecular weight is 303 g/mol. The molecule has 1 saturated carbocycles. The number of rotatable bonds is 3. The van der Waals surface area contributed by atoms with Gasteiger partial charge < -0.3 is 5.32 Å². The van der Waals surface area contributed by atoms with Crippen molar-refractivity contribution < 1.29 is 13.2 Å². The third-order valence-corrected chi connectivity index (χ3v) is 4.72.